The fourth-order valence-corrected chi connectivity index (χ4v) is 5.75. The molecule has 0 heterocycles. The second-order valence-electron chi connectivity index (χ2n) is 7.54. The molecule has 0 N–H and O–H groups in total. The van der Waals surface area contributed by atoms with Crippen molar-refractivity contribution in [2.24, 2.45) is 5.92 Å². The Hall–Kier alpha value is -2.31. The molecule has 152 valence electrons. The number of rotatable bonds is 10. The molecular formula is C26H31O2P. The summed E-state index contributed by atoms with van der Waals surface area (Å²) in [6, 6.07) is 27.2. The molecule has 0 saturated carbocycles. The van der Waals surface area contributed by atoms with Gasteiger partial charge in [0.15, 0.2) is 0 Å². The van der Waals surface area contributed by atoms with Crippen LogP contribution < -0.4 is 15.1 Å². The summed E-state index contributed by atoms with van der Waals surface area (Å²) in [6.45, 7) is 4.49. The molecule has 0 aliphatic carbocycles. The molecule has 0 saturated heterocycles. The molecule has 0 amide bonds. The van der Waals surface area contributed by atoms with Crippen LogP contribution >= 0.6 is 7.37 Å². The van der Waals surface area contributed by atoms with Gasteiger partial charge in [-0.05, 0) is 48.2 Å². The predicted octanol–water partition coefficient (Wildman–Crippen LogP) is 6.75. The summed E-state index contributed by atoms with van der Waals surface area (Å²) in [5.74, 6) is 1.35. The van der Waals surface area contributed by atoms with Gasteiger partial charge in [-0.15, -0.1) is 0 Å². The van der Waals surface area contributed by atoms with Gasteiger partial charge in [-0.1, -0.05) is 94.1 Å². The fourth-order valence-electron chi connectivity index (χ4n) is 3.66. The lowest BCUT2D eigenvalue weighted by molar-refractivity contribution is 0.440. The monoisotopic (exact) mass is 406 g/mol. The van der Waals surface area contributed by atoms with Gasteiger partial charge in [-0.25, -0.2) is 0 Å². The molecule has 0 fully saturated rings. The highest BCUT2D eigenvalue weighted by Crippen LogP contribution is 2.46. The van der Waals surface area contributed by atoms with Crippen molar-refractivity contribution in [3.63, 3.8) is 0 Å². The molecule has 3 rings (SSSR count). The average Bonchev–Trinajstić information content (AvgIpc) is 2.79. The van der Waals surface area contributed by atoms with Crippen molar-refractivity contribution in [2.75, 3.05) is 0 Å². The zero-order valence-corrected chi connectivity index (χ0v) is 18.4. The maximum atomic E-state index is 14.2. The van der Waals surface area contributed by atoms with E-state index in [0.717, 1.165) is 34.8 Å². The van der Waals surface area contributed by atoms with Gasteiger partial charge < -0.3 is 4.52 Å². The highest BCUT2D eigenvalue weighted by atomic mass is 31.2. The van der Waals surface area contributed by atoms with Gasteiger partial charge >= 0.3 is 7.37 Å². The third-order valence-electron chi connectivity index (χ3n) is 5.44. The summed E-state index contributed by atoms with van der Waals surface area (Å²) in [5.41, 5.74) is 1.14. The highest BCUT2D eigenvalue weighted by Gasteiger charge is 2.30. The summed E-state index contributed by atoms with van der Waals surface area (Å²) in [5, 5.41) is 1.44. The van der Waals surface area contributed by atoms with Crippen LogP contribution in [0, 0.1) is 5.92 Å². The highest BCUT2D eigenvalue weighted by molar-refractivity contribution is 7.74. The van der Waals surface area contributed by atoms with E-state index in [9.17, 15) is 4.57 Å². The summed E-state index contributed by atoms with van der Waals surface area (Å²) >= 11 is 0. The molecular weight excluding hydrogens is 375 g/mol. The molecule has 0 spiro atoms. The van der Waals surface area contributed by atoms with Gasteiger partial charge in [0.2, 0.25) is 0 Å². The van der Waals surface area contributed by atoms with E-state index < -0.39 is 7.37 Å². The molecule has 29 heavy (non-hydrogen) atoms. The summed E-state index contributed by atoms with van der Waals surface area (Å²) in [7, 11) is -3.25. The van der Waals surface area contributed by atoms with E-state index in [2.05, 4.69) is 19.9 Å². The van der Waals surface area contributed by atoms with Crippen LogP contribution in [0.25, 0.3) is 0 Å². The number of para-hydroxylation sites is 1. The number of benzene rings is 3. The molecule has 0 radical (unpaired) electrons. The van der Waals surface area contributed by atoms with Crippen molar-refractivity contribution in [3.05, 3.63) is 90.5 Å². The number of hydrogen-bond acceptors (Lipinski definition) is 2. The number of hydrogen-bond donors (Lipinski definition) is 0. The maximum absolute atomic E-state index is 14.2. The van der Waals surface area contributed by atoms with Crippen LogP contribution in [0.4, 0.5) is 0 Å². The largest absolute Gasteiger partial charge is 0.437 e. The topological polar surface area (TPSA) is 26.3 Å². The normalized spacial score (nSPS) is 12.5. The molecule has 0 aliphatic rings. The van der Waals surface area contributed by atoms with E-state index >= 15 is 0 Å². The van der Waals surface area contributed by atoms with Crippen LogP contribution in [0.15, 0.2) is 84.9 Å². The fraction of sp³-hybridized carbons (Fsp3) is 0.308. The predicted molar refractivity (Wildman–Crippen MR) is 124 cm³/mol. The van der Waals surface area contributed by atoms with Crippen LogP contribution in [0.2, 0.25) is 0 Å². The SMILES string of the molecule is CCCCC(CC)Cc1ccccc1OP(=O)(c1ccccc1)c1ccccc1. The van der Waals surface area contributed by atoms with E-state index in [4.69, 9.17) is 4.52 Å². The first-order valence-corrected chi connectivity index (χ1v) is 12.3. The van der Waals surface area contributed by atoms with Gasteiger partial charge in [0.05, 0.1) is 10.6 Å². The van der Waals surface area contributed by atoms with Crippen LogP contribution in [-0.4, -0.2) is 0 Å². The lowest BCUT2D eigenvalue weighted by Crippen LogP contribution is -2.20. The Morgan fingerprint density at radius 1 is 0.793 bits per heavy atom. The zero-order chi connectivity index (χ0) is 20.5. The molecule has 1 unspecified atom stereocenters. The summed E-state index contributed by atoms with van der Waals surface area (Å²) in [6.07, 6.45) is 5.77. The third-order valence-corrected chi connectivity index (χ3v) is 7.85. The Morgan fingerprint density at radius 3 is 1.90 bits per heavy atom. The first-order chi connectivity index (χ1) is 14.2. The molecule has 0 bridgehead atoms. The molecule has 1 atom stereocenters. The second-order valence-corrected chi connectivity index (χ2v) is 9.86. The first kappa shape index (κ1) is 21.4. The second kappa shape index (κ2) is 10.5. The van der Waals surface area contributed by atoms with Crippen molar-refractivity contribution < 1.29 is 9.09 Å². The van der Waals surface area contributed by atoms with Crippen molar-refractivity contribution in [2.45, 2.75) is 46.0 Å². The van der Waals surface area contributed by atoms with Crippen molar-refractivity contribution in [1.82, 2.24) is 0 Å². The minimum absolute atomic E-state index is 0.618. The Kier molecular flexibility index (Phi) is 7.72. The maximum Gasteiger partial charge on any atom is 0.306 e. The summed E-state index contributed by atoms with van der Waals surface area (Å²) < 4.78 is 20.7. The number of unbranched alkanes of at least 4 members (excludes halogenated alkanes) is 1. The van der Waals surface area contributed by atoms with Gasteiger partial charge in [-0.3, -0.25) is 4.57 Å². The van der Waals surface area contributed by atoms with Gasteiger partial charge in [-0.2, -0.15) is 0 Å². The van der Waals surface area contributed by atoms with Crippen LogP contribution in [-0.2, 0) is 11.0 Å². The smallest absolute Gasteiger partial charge is 0.306 e. The Labute approximate surface area is 175 Å². The molecule has 0 aromatic heterocycles. The van der Waals surface area contributed by atoms with E-state index in [1.165, 1.54) is 19.3 Å². The van der Waals surface area contributed by atoms with Crippen molar-refractivity contribution >= 4 is 18.0 Å². The van der Waals surface area contributed by atoms with Crippen molar-refractivity contribution in [1.29, 1.82) is 0 Å². The van der Waals surface area contributed by atoms with E-state index in [-0.39, 0.29) is 0 Å². The molecule has 2 nitrogen and oxygen atoms in total. The van der Waals surface area contributed by atoms with Gasteiger partial charge in [0.25, 0.3) is 0 Å². The Balaban J connectivity index is 1.96. The van der Waals surface area contributed by atoms with Crippen LogP contribution in [0.3, 0.4) is 0 Å². The quantitative estimate of drug-likeness (QED) is 0.348. The standard InChI is InChI=1S/C26H31O2P/c1-3-5-14-22(4-2)21-23-15-12-13-20-26(23)28-29(27,24-16-8-6-9-17-24)25-18-10-7-11-19-25/h6-13,15-20,22H,3-5,14,21H2,1-2H3. The molecule has 3 aromatic carbocycles. The van der Waals surface area contributed by atoms with Gasteiger partial charge in [0, 0.05) is 0 Å². The molecule has 3 aromatic rings. The van der Waals surface area contributed by atoms with E-state index in [1.807, 2.05) is 78.9 Å². The average molecular weight is 407 g/mol. The molecule has 0 aliphatic heterocycles. The van der Waals surface area contributed by atoms with Crippen LogP contribution in [0.5, 0.6) is 5.75 Å². The van der Waals surface area contributed by atoms with Crippen molar-refractivity contribution in [3.8, 4) is 5.75 Å². The van der Waals surface area contributed by atoms with E-state index in [1.54, 1.807) is 0 Å². The minimum Gasteiger partial charge on any atom is -0.437 e. The lowest BCUT2D eigenvalue weighted by Gasteiger charge is -2.23. The van der Waals surface area contributed by atoms with Gasteiger partial charge in [0.1, 0.15) is 5.75 Å². The van der Waals surface area contributed by atoms with E-state index in [0.29, 0.717) is 5.92 Å². The molecule has 3 heteroatoms. The zero-order valence-electron chi connectivity index (χ0n) is 17.5. The Morgan fingerprint density at radius 2 is 1.34 bits per heavy atom. The van der Waals surface area contributed by atoms with Crippen LogP contribution in [0.1, 0.15) is 45.1 Å². The summed E-state index contributed by atoms with van der Waals surface area (Å²) in [4.78, 5) is 0. The third kappa shape index (κ3) is 5.40. The Bertz CT molecular complexity index is 878. The lowest BCUT2D eigenvalue weighted by atomic mass is 9.92. The first-order valence-electron chi connectivity index (χ1n) is 10.7. The minimum atomic E-state index is -3.25.